The molecular formula is C20H39O7P. The Bertz CT molecular complexity index is 523. The zero-order valence-corrected chi connectivity index (χ0v) is 18.9. The first-order valence-corrected chi connectivity index (χ1v) is 11.5. The summed E-state index contributed by atoms with van der Waals surface area (Å²) in [6, 6.07) is 0. The molecule has 0 amide bonds. The van der Waals surface area contributed by atoms with E-state index in [4.69, 9.17) is 14.5 Å². The molecule has 166 valence electrons. The normalized spacial score (nSPS) is 14.4. The van der Waals surface area contributed by atoms with Gasteiger partial charge in [-0.15, -0.1) is 0 Å². The molecule has 0 bridgehead atoms. The lowest BCUT2D eigenvalue weighted by Crippen LogP contribution is -2.24. The molecule has 0 aromatic heterocycles. The maximum atomic E-state index is 11.8. The lowest BCUT2D eigenvalue weighted by Gasteiger charge is -2.24. The first-order chi connectivity index (χ1) is 12.8. The second-order valence-corrected chi connectivity index (χ2v) is 10.1. The molecular weight excluding hydrogens is 383 g/mol. The highest BCUT2D eigenvalue weighted by Gasteiger charge is 2.21. The minimum Gasteiger partial charge on any atom is -0.463 e. The van der Waals surface area contributed by atoms with Crippen LogP contribution in [0.2, 0.25) is 0 Å². The Morgan fingerprint density at radius 1 is 1.11 bits per heavy atom. The number of aliphatic hydroxyl groups is 1. The van der Waals surface area contributed by atoms with Crippen LogP contribution in [0.15, 0.2) is 12.2 Å². The Labute approximate surface area is 169 Å². The van der Waals surface area contributed by atoms with Gasteiger partial charge in [-0.25, -0.2) is 4.57 Å². The van der Waals surface area contributed by atoms with E-state index in [9.17, 15) is 14.5 Å². The summed E-state index contributed by atoms with van der Waals surface area (Å²) in [5.41, 5.74) is 0.118. The highest BCUT2D eigenvalue weighted by atomic mass is 31.2. The van der Waals surface area contributed by atoms with Gasteiger partial charge in [-0.3, -0.25) is 9.32 Å². The van der Waals surface area contributed by atoms with Crippen LogP contribution in [0.1, 0.15) is 79.6 Å². The summed E-state index contributed by atoms with van der Waals surface area (Å²) in [4.78, 5) is 28.9. The fourth-order valence-electron chi connectivity index (χ4n) is 2.65. The van der Waals surface area contributed by atoms with Gasteiger partial charge in [0.1, 0.15) is 12.7 Å². The lowest BCUT2D eigenvalue weighted by atomic mass is 9.81. The predicted octanol–water partition coefficient (Wildman–Crippen LogP) is 4.36. The SMILES string of the molecule is CCCCCC(C)(C)C=CCC(C)(C)CCC(=O)OCC(O)COP(=O)(O)O. The second kappa shape index (κ2) is 12.8. The van der Waals surface area contributed by atoms with Crippen molar-refractivity contribution in [2.24, 2.45) is 10.8 Å². The number of rotatable bonds is 15. The minimum atomic E-state index is -4.64. The first kappa shape index (κ1) is 27.3. The summed E-state index contributed by atoms with van der Waals surface area (Å²) in [5, 5.41) is 9.50. The van der Waals surface area contributed by atoms with Crippen LogP contribution in [0, 0.1) is 10.8 Å². The van der Waals surface area contributed by atoms with Gasteiger partial charge < -0.3 is 19.6 Å². The van der Waals surface area contributed by atoms with E-state index < -0.39 is 26.5 Å². The number of carbonyl (C=O) groups is 1. The summed E-state index contributed by atoms with van der Waals surface area (Å²) < 4.78 is 19.6. The molecule has 0 aliphatic rings. The van der Waals surface area contributed by atoms with Gasteiger partial charge >= 0.3 is 13.8 Å². The summed E-state index contributed by atoms with van der Waals surface area (Å²) in [6.45, 7) is 9.92. The fraction of sp³-hybridized carbons (Fsp3) is 0.850. The number of ether oxygens (including phenoxy) is 1. The van der Waals surface area contributed by atoms with Gasteiger partial charge in [0, 0.05) is 6.42 Å². The third kappa shape index (κ3) is 16.3. The van der Waals surface area contributed by atoms with Gasteiger partial charge in [0.2, 0.25) is 0 Å². The van der Waals surface area contributed by atoms with E-state index in [0.29, 0.717) is 6.42 Å². The molecule has 0 aliphatic heterocycles. The second-order valence-electron chi connectivity index (χ2n) is 8.84. The van der Waals surface area contributed by atoms with Crippen LogP contribution in [0.5, 0.6) is 0 Å². The highest BCUT2D eigenvalue weighted by molar-refractivity contribution is 7.46. The molecule has 0 rings (SSSR count). The predicted molar refractivity (Wildman–Crippen MR) is 110 cm³/mol. The zero-order chi connectivity index (χ0) is 21.8. The van der Waals surface area contributed by atoms with E-state index in [1.165, 1.54) is 19.3 Å². The Kier molecular flexibility index (Phi) is 12.4. The smallest absolute Gasteiger partial charge is 0.463 e. The molecule has 8 heteroatoms. The number of phosphoric ester groups is 1. The minimum absolute atomic E-state index is 0.0584. The molecule has 0 heterocycles. The van der Waals surface area contributed by atoms with Crippen molar-refractivity contribution < 1.29 is 33.5 Å². The van der Waals surface area contributed by atoms with Crippen LogP contribution in [-0.4, -0.2) is 40.2 Å². The van der Waals surface area contributed by atoms with Gasteiger partial charge in [0.15, 0.2) is 0 Å². The van der Waals surface area contributed by atoms with Crippen LogP contribution in [-0.2, 0) is 18.6 Å². The number of unbranched alkanes of at least 4 members (excludes halogenated alkanes) is 2. The maximum absolute atomic E-state index is 11.8. The molecule has 0 saturated heterocycles. The molecule has 3 N–H and O–H groups in total. The number of carbonyl (C=O) groups excluding carboxylic acids is 1. The van der Waals surface area contributed by atoms with Crippen LogP contribution in [0.3, 0.4) is 0 Å². The molecule has 1 atom stereocenters. The molecule has 28 heavy (non-hydrogen) atoms. The van der Waals surface area contributed by atoms with E-state index >= 15 is 0 Å². The molecule has 1 unspecified atom stereocenters. The molecule has 0 aromatic carbocycles. The van der Waals surface area contributed by atoms with E-state index in [0.717, 1.165) is 12.8 Å². The van der Waals surface area contributed by atoms with Crippen LogP contribution in [0.4, 0.5) is 0 Å². The van der Waals surface area contributed by atoms with Gasteiger partial charge in [-0.05, 0) is 30.1 Å². The van der Waals surface area contributed by atoms with Crippen molar-refractivity contribution in [2.45, 2.75) is 85.7 Å². The van der Waals surface area contributed by atoms with E-state index in [-0.39, 0.29) is 23.9 Å². The van der Waals surface area contributed by atoms with Crippen molar-refractivity contribution in [1.82, 2.24) is 0 Å². The van der Waals surface area contributed by atoms with Crippen molar-refractivity contribution in [3.8, 4) is 0 Å². The quantitative estimate of drug-likeness (QED) is 0.155. The standard InChI is InChI=1S/C20H39O7P/c1-6-7-8-11-19(2,3)12-9-13-20(4,5)14-10-18(22)26-15-17(21)16-27-28(23,24)25/h9,12,17,21H,6-8,10-11,13-16H2,1-5H3,(H2,23,24,25). The monoisotopic (exact) mass is 422 g/mol. The topological polar surface area (TPSA) is 113 Å². The number of esters is 1. The molecule has 0 aliphatic carbocycles. The van der Waals surface area contributed by atoms with Gasteiger partial charge in [0.05, 0.1) is 6.61 Å². The van der Waals surface area contributed by atoms with Crippen molar-refractivity contribution >= 4 is 13.8 Å². The Morgan fingerprint density at radius 2 is 1.75 bits per heavy atom. The van der Waals surface area contributed by atoms with E-state index in [1.54, 1.807) is 0 Å². The van der Waals surface area contributed by atoms with Gasteiger partial charge in [-0.2, -0.15) is 0 Å². The zero-order valence-electron chi connectivity index (χ0n) is 18.0. The van der Waals surface area contributed by atoms with Crippen molar-refractivity contribution in [2.75, 3.05) is 13.2 Å². The number of aliphatic hydroxyl groups excluding tert-OH is 1. The molecule has 0 radical (unpaired) electrons. The van der Waals surface area contributed by atoms with Crippen LogP contribution < -0.4 is 0 Å². The Morgan fingerprint density at radius 3 is 2.32 bits per heavy atom. The number of hydrogen-bond donors (Lipinski definition) is 3. The summed E-state index contributed by atoms with van der Waals surface area (Å²) in [5.74, 6) is -0.452. The van der Waals surface area contributed by atoms with Crippen molar-refractivity contribution in [3.63, 3.8) is 0 Å². The first-order valence-electron chi connectivity index (χ1n) is 9.98. The maximum Gasteiger partial charge on any atom is 0.469 e. The number of phosphoric acid groups is 1. The van der Waals surface area contributed by atoms with Gasteiger partial charge in [-0.1, -0.05) is 66.0 Å². The molecule has 0 fully saturated rings. The summed E-state index contributed by atoms with van der Waals surface area (Å²) in [6.07, 6.45) is 9.77. The average molecular weight is 422 g/mol. The van der Waals surface area contributed by atoms with E-state index in [1.807, 2.05) is 0 Å². The number of hydrogen-bond acceptors (Lipinski definition) is 5. The molecule has 0 aromatic rings. The highest BCUT2D eigenvalue weighted by Crippen LogP contribution is 2.35. The van der Waals surface area contributed by atoms with Crippen LogP contribution >= 0.6 is 7.82 Å². The Balaban J connectivity index is 4.18. The van der Waals surface area contributed by atoms with Crippen LogP contribution in [0.25, 0.3) is 0 Å². The molecule has 0 spiro atoms. The van der Waals surface area contributed by atoms with Crippen molar-refractivity contribution in [1.29, 1.82) is 0 Å². The third-order valence-corrected chi connectivity index (χ3v) is 5.03. The number of allylic oxidation sites excluding steroid dienone is 2. The summed E-state index contributed by atoms with van der Waals surface area (Å²) in [7, 11) is -4.64. The van der Waals surface area contributed by atoms with Gasteiger partial charge in [0.25, 0.3) is 0 Å². The molecule has 0 saturated carbocycles. The lowest BCUT2D eigenvalue weighted by molar-refractivity contribution is -0.147. The largest absolute Gasteiger partial charge is 0.469 e. The Hall–Kier alpha value is -0.720. The molecule has 7 nitrogen and oxygen atoms in total. The average Bonchev–Trinajstić information content (AvgIpc) is 2.55. The fourth-order valence-corrected chi connectivity index (χ4v) is 3.01. The third-order valence-electron chi connectivity index (χ3n) is 4.54. The van der Waals surface area contributed by atoms with E-state index in [2.05, 4.69) is 51.3 Å². The summed E-state index contributed by atoms with van der Waals surface area (Å²) >= 11 is 0. The van der Waals surface area contributed by atoms with Crippen molar-refractivity contribution in [3.05, 3.63) is 12.2 Å².